The first-order valence-electron chi connectivity index (χ1n) is 9.47. The van der Waals surface area contributed by atoms with Gasteiger partial charge in [0.05, 0.1) is 18.5 Å². The van der Waals surface area contributed by atoms with Gasteiger partial charge in [0.25, 0.3) is 0 Å². The number of ether oxygens (including phenoxy) is 1. The summed E-state index contributed by atoms with van der Waals surface area (Å²) in [6.45, 7) is 3.36. The molecule has 2 aliphatic rings. The van der Waals surface area contributed by atoms with Crippen LogP contribution in [0, 0.1) is 0 Å². The Balaban J connectivity index is 1.38. The summed E-state index contributed by atoms with van der Waals surface area (Å²) in [7, 11) is 0. The fourth-order valence-corrected chi connectivity index (χ4v) is 4.16. The number of hydrogen-bond acceptors (Lipinski definition) is 4. The number of aromatic nitrogens is 2. The highest BCUT2D eigenvalue weighted by Crippen LogP contribution is 2.45. The van der Waals surface area contributed by atoms with Crippen molar-refractivity contribution in [1.82, 2.24) is 14.5 Å². The topological polar surface area (TPSA) is 50.5 Å². The van der Waals surface area contributed by atoms with Crippen molar-refractivity contribution in [3.05, 3.63) is 47.5 Å². The Labute approximate surface area is 159 Å². The number of nitrogens with zero attached hydrogens (tertiary/aromatic N) is 3. The van der Waals surface area contributed by atoms with Gasteiger partial charge in [0.2, 0.25) is 0 Å². The molecule has 1 aromatic heterocycles. The van der Waals surface area contributed by atoms with E-state index >= 15 is 0 Å². The molecule has 2 aromatic rings. The standard InChI is InChI=1S/C20H26ClN3O2/c21-17-4-5-18(26-12-2-9-23-11-8-22-15-23)16(13-17)14-24-10-1-3-19(24)20(25)6-7-20/h4-5,8,11,13,15,19,25H,1-3,6-7,9-10,12,14H2. The molecule has 6 heteroatoms. The van der Waals surface area contributed by atoms with E-state index in [1.165, 1.54) is 0 Å². The van der Waals surface area contributed by atoms with Gasteiger partial charge in [0.15, 0.2) is 0 Å². The largest absolute Gasteiger partial charge is 0.493 e. The van der Waals surface area contributed by atoms with Crippen LogP contribution in [0.15, 0.2) is 36.9 Å². The summed E-state index contributed by atoms with van der Waals surface area (Å²) in [5, 5.41) is 11.3. The SMILES string of the molecule is OC1(C2CCCN2Cc2cc(Cl)ccc2OCCCn2ccnc2)CC1. The average molecular weight is 376 g/mol. The second-order valence-electron chi connectivity index (χ2n) is 7.49. The van der Waals surface area contributed by atoms with E-state index in [0.717, 1.165) is 68.1 Å². The van der Waals surface area contributed by atoms with Crippen molar-refractivity contribution < 1.29 is 9.84 Å². The van der Waals surface area contributed by atoms with Crippen LogP contribution in [0.4, 0.5) is 0 Å². The predicted octanol–water partition coefficient (Wildman–Crippen LogP) is 3.49. The van der Waals surface area contributed by atoms with Crippen molar-refractivity contribution in [1.29, 1.82) is 0 Å². The van der Waals surface area contributed by atoms with Gasteiger partial charge >= 0.3 is 0 Å². The summed E-state index contributed by atoms with van der Waals surface area (Å²) >= 11 is 6.24. The van der Waals surface area contributed by atoms with Crippen molar-refractivity contribution in [2.45, 2.75) is 56.8 Å². The summed E-state index contributed by atoms with van der Waals surface area (Å²) in [5.41, 5.74) is 0.650. The fraction of sp³-hybridized carbons (Fsp3) is 0.550. The first-order valence-corrected chi connectivity index (χ1v) is 9.85. The molecule has 1 aromatic carbocycles. The van der Waals surface area contributed by atoms with Crippen LogP contribution in [0.1, 0.15) is 37.7 Å². The number of imidazole rings is 1. The number of benzene rings is 1. The lowest BCUT2D eigenvalue weighted by Gasteiger charge is -2.29. The van der Waals surface area contributed by atoms with E-state index in [1.807, 2.05) is 30.7 Å². The minimum atomic E-state index is -0.457. The van der Waals surface area contributed by atoms with Crippen LogP contribution < -0.4 is 4.74 Å². The first kappa shape index (κ1) is 17.8. The zero-order valence-electron chi connectivity index (χ0n) is 15.0. The van der Waals surface area contributed by atoms with Gasteiger partial charge in [-0.15, -0.1) is 0 Å². The third-order valence-electron chi connectivity index (χ3n) is 5.52. The van der Waals surface area contributed by atoms with Crippen LogP contribution >= 0.6 is 11.6 Å². The molecule has 4 rings (SSSR count). The molecule has 1 saturated carbocycles. The number of likely N-dealkylation sites (tertiary alicyclic amines) is 1. The highest BCUT2D eigenvalue weighted by Gasteiger charge is 2.51. The molecule has 0 amide bonds. The molecule has 1 aliphatic carbocycles. The zero-order valence-corrected chi connectivity index (χ0v) is 15.7. The molecule has 0 spiro atoms. The van der Waals surface area contributed by atoms with Crippen molar-refractivity contribution >= 4 is 11.6 Å². The van der Waals surface area contributed by atoms with E-state index in [2.05, 4.69) is 14.5 Å². The van der Waals surface area contributed by atoms with E-state index < -0.39 is 5.60 Å². The van der Waals surface area contributed by atoms with E-state index in [9.17, 15) is 5.11 Å². The van der Waals surface area contributed by atoms with Gasteiger partial charge in [-0.2, -0.15) is 0 Å². The zero-order chi connectivity index (χ0) is 18.0. The van der Waals surface area contributed by atoms with Crippen LogP contribution in [0.3, 0.4) is 0 Å². The van der Waals surface area contributed by atoms with Gasteiger partial charge in [-0.1, -0.05) is 11.6 Å². The minimum Gasteiger partial charge on any atom is -0.493 e. The van der Waals surface area contributed by atoms with E-state index in [4.69, 9.17) is 16.3 Å². The fourth-order valence-electron chi connectivity index (χ4n) is 3.96. The van der Waals surface area contributed by atoms with Crippen LogP contribution in [0.25, 0.3) is 0 Å². The van der Waals surface area contributed by atoms with Crippen LogP contribution in [-0.2, 0) is 13.1 Å². The molecule has 1 saturated heterocycles. The average Bonchev–Trinajstić information content (AvgIpc) is 3.05. The Morgan fingerprint density at radius 3 is 3.00 bits per heavy atom. The van der Waals surface area contributed by atoms with E-state index in [-0.39, 0.29) is 6.04 Å². The highest BCUT2D eigenvalue weighted by atomic mass is 35.5. The lowest BCUT2D eigenvalue weighted by Crippen LogP contribution is -2.40. The van der Waals surface area contributed by atoms with Crippen molar-refractivity contribution in [3.63, 3.8) is 0 Å². The second kappa shape index (κ2) is 7.59. The van der Waals surface area contributed by atoms with Gasteiger partial charge in [-0.3, -0.25) is 4.90 Å². The number of rotatable bonds is 8. The summed E-state index contributed by atoms with van der Waals surface area (Å²) < 4.78 is 8.11. The first-order chi connectivity index (χ1) is 12.6. The van der Waals surface area contributed by atoms with Gasteiger partial charge in [0, 0.05) is 42.1 Å². The lowest BCUT2D eigenvalue weighted by molar-refractivity contribution is 0.0477. The van der Waals surface area contributed by atoms with Crippen LogP contribution in [-0.4, -0.2) is 44.4 Å². The summed E-state index contributed by atoms with van der Waals surface area (Å²) in [5.74, 6) is 0.897. The smallest absolute Gasteiger partial charge is 0.123 e. The van der Waals surface area contributed by atoms with Crippen LogP contribution in [0.2, 0.25) is 5.02 Å². The van der Waals surface area contributed by atoms with Gasteiger partial charge in [-0.05, 0) is 56.8 Å². The summed E-state index contributed by atoms with van der Waals surface area (Å²) in [4.78, 5) is 6.45. The molecule has 0 bridgehead atoms. The molecular weight excluding hydrogens is 350 g/mol. The second-order valence-corrected chi connectivity index (χ2v) is 7.92. The number of hydrogen-bond donors (Lipinski definition) is 1. The normalized spacial score (nSPS) is 21.8. The third-order valence-corrected chi connectivity index (χ3v) is 5.75. The lowest BCUT2D eigenvalue weighted by atomic mass is 10.1. The molecule has 1 aliphatic heterocycles. The molecule has 2 fully saturated rings. The Morgan fingerprint density at radius 1 is 1.35 bits per heavy atom. The highest BCUT2D eigenvalue weighted by molar-refractivity contribution is 6.30. The quantitative estimate of drug-likeness (QED) is 0.717. The maximum absolute atomic E-state index is 10.6. The molecule has 5 nitrogen and oxygen atoms in total. The number of halogens is 1. The van der Waals surface area contributed by atoms with E-state index in [0.29, 0.717) is 6.61 Å². The monoisotopic (exact) mass is 375 g/mol. The van der Waals surface area contributed by atoms with E-state index in [1.54, 1.807) is 6.20 Å². The van der Waals surface area contributed by atoms with Gasteiger partial charge < -0.3 is 14.4 Å². The third kappa shape index (κ3) is 4.05. The summed E-state index contributed by atoms with van der Waals surface area (Å²) in [6.07, 6.45) is 10.6. The van der Waals surface area contributed by atoms with Gasteiger partial charge in [0.1, 0.15) is 5.75 Å². The Kier molecular flexibility index (Phi) is 5.20. The van der Waals surface area contributed by atoms with Crippen molar-refractivity contribution in [2.75, 3.05) is 13.2 Å². The molecule has 2 heterocycles. The number of aryl methyl sites for hydroxylation is 1. The number of aliphatic hydroxyl groups is 1. The Hall–Kier alpha value is -1.56. The minimum absolute atomic E-state index is 0.274. The molecule has 26 heavy (non-hydrogen) atoms. The predicted molar refractivity (Wildman–Crippen MR) is 101 cm³/mol. The van der Waals surface area contributed by atoms with Crippen LogP contribution in [0.5, 0.6) is 5.75 Å². The maximum Gasteiger partial charge on any atom is 0.123 e. The Morgan fingerprint density at radius 2 is 2.23 bits per heavy atom. The Bertz CT molecular complexity index is 731. The summed E-state index contributed by atoms with van der Waals surface area (Å²) in [6, 6.07) is 6.12. The van der Waals surface area contributed by atoms with Crippen molar-refractivity contribution in [3.8, 4) is 5.75 Å². The molecule has 140 valence electrons. The van der Waals surface area contributed by atoms with Gasteiger partial charge in [-0.25, -0.2) is 4.98 Å². The molecule has 1 N–H and O–H groups in total. The molecule has 0 radical (unpaired) electrons. The molecular formula is C20H26ClN3O2. The molecule has 1 unspecified atom stereocenters. The maximum atomic E-state index is 10.6. The van der Waals surface area contributed by atoms with Crippen molar-refractivity contribution in [2.24, 2.45) is 0 Å². The molecule has 1 atom stereocenters.